The molecule has 0 aliphatic rings. The van der Waals surface area contributed by atoms with Gasteiger partial charge in [-0.1, -0.05) is 0 Å². The van der Waals surface area contributed by atoms with Crippen molar-refractivity contribution in [1.82, 2.24) is 9.97 Å². The van der Waals surface area contributed by atoms with Crippen LogP contribution in [0.5, 0.6) is 0 Å². The number of hydrogen-bond acceptors (Lipinski definition) is 3. The maximum absolute atomic E-state index is 13.8. The molecule has 104 valence electrons. The lowest BCUT2D eigenvalue weighted by atomic mass is 10.4. The van der Waals surface area contributed by atoms with Crippen molar-refractivity contribution in [3.05, 3.63) is 46.9 Å². The fourth-order valence-corrected chi connectivity index (χ4v) is 2.15. The van der Waals surface area contributed by atoms with Crippen LogP contribution < -0.4 is 10.2 Å². The molecule has 20 heavy (non-hydrogen) atoms. The highest BCUT2D eigenvalue weighted by Crippen LogP contribution is 2.17. The second-order valence-corrected chi connectivity index (χ2v) is 5.15. The second kappa shape index (κ2) is 6.71. The van der Waals surface area contributed by atoms with E-state index < -0.39 is 5.82 Å². The number of halogens is 2. The van der Waals surface area contributed by atoms with Gasteiger partial charge in [-0.05, 0) is 59.3 Å². The van der Waals surface area contributed by atoms with E-state index in [1.54, 1.807) is 23.2 Å². The first-order valence-electron chi connectivity index (χ1n) is 5.92. The van der Waals surface area contributed by atoms with Gasteiger partial charge in [-0.25, -0.2) is 14.4 Å². The van der Waals surface area contributed by atoms with Crippen LogP contribution in [0.3, 0.4) is 0 Å². The highest BCUT2D eigenvalue weighted by Gasteiger charge is 2.15. The molecule has 0 spiro atoms. The van der Waals surface area contributed by atoms with E-state index in [-0.39, 0.29) is 5.82 Å². The molecule has 0 saturated heterocycles. The molecule has 0 unspecified atom stereocenters. The summed E-state index contributed by atoms with van der Waals surface area (Å²) in [4.78, 5) is 9.76. The van der Waals surface area contributed by atoms with Crippen molar-refractivity contribution in [3.8, 4) is 0 Å². The second-order valence-electron chi connectivity index (χ2n) is 3.84. The summed E-state index contributed by atoms with van der Waals surface area (Å²) in [6, 6.07) is 6.51. The van der Waals surface area contributed by atoms with Gasteiger partial charge in [0.15, 0.2) is 16.7 Å². The average Bonchev–Trinajstić information content (AvgIpc) is 2.44. The molecular weight excluding hydrogens is 343 g/mol. The van der Waals surface area contributed by atoms with Crippen molar-refractivity contribution in [1.29, 1.82) is 0 Å². The van der Waals surface area contributed by atoms with Crippen molar-refractivity contribution in [2.75, 3.05) is 16.8 Å². The van der Waals surface area contributed by atoms with Crippen LogP contribution in [0.25, 0.3) is 0 Å². The van der Waals surface area contributed by atoms with Gasteiger partial charge < -0.3 is 10.2 Å². The lowest BCUT2D eigenvalue weighted by Crippen LogP contribution is -2.36. The number of aromatic nitrogens is 2. The van der Waals surface area contributed by atoms with Gasteiger partial charge in [-0.2, -0.15) is 0 Å². The van der Waals surface area contributed by atoms with Crippen molar-refractivity contribution < 1.29 is 4.39 Å². The Labute approximate surface area is 130 Å². The van der Waals surface area contributed by atoms with Gasteiger partial charge in [0.2, 0.25) is 0 Å². The zero-order chi connectivity index (χ0) is 14.5. The van der Waals surface area contributed by atoms with Crippen molar-refractivity contribution in [3.63, 3.8) is 0 Å². The maximum atomic E-state index is 13.8. The Balaban J connectivity index is 2.18. The number of nitrogens with zero attached hydrogens (tertiary/aromatic N) is 3. The Morgan fingerprint density at radius 1 is 1.40 bits per heavy atom. The first kappa shape index (κ1) is 14.8. The van der Waals surface area contributed by atoms with Gasteiger partial charge in [-0.3, -0.25) is 0 Å². The lowest BCUT2D eigenvalue weighted by molar-refractivity contribution is 0.620. The number of thiocarbonyl (C=S) groups is 1. The van der Waals surface area contributed by atoms with Crippen LogP contribution in [0.2, 0.25) is 0 Å². The number of hydrogen-bond donors (Lipinski definition) is 1. The minimum absolute atomic E-state index is 0.199. The minimum atomic E-state index is -0.415. The molecule has 2 aromatic rings. The quantitative estimate of drug-likeness (QED) is 0.852. The summed E-state index contributed by atoms with van der Waals surface area (Å²) in [6.45, 7) is 2.37. The van der Waals surface area contributed by atoms with E-state index in [0.29, 0.717) is 17.5 Å². The van der Waals surface area contributed by atoms with E-state index in [2.05, 4.69) is 31.2 Å². The molecule has 2 aromatic heterocycles. The Bertz CT molecular complexity index is 606. The van der Waals surface area contributed by atoms with Crippen LogP contribution in [-0.2, 0) is 0 Å². The van der Waals surface area contributed by atoms with Crippen molar-refractivity contribution >= 4 is 44.9 Å². The van der Waals surface area contributed by atoms with Gasteiger partial charge >= 0.3 is 0 Å². The van der Waals surface area contributed by atoms with Gasteiger partial charge in [0.25, 0.3) is 0 Å². The van der Waals surface area contributed by atoms with Gasteiger partial charge in [0, 0.05) is 23.4 Å². The molecule has 4 nitrogen and oxygen atoms in total. The molecule has 1 N–H and O–H groups in total. The summed E-state index contributed by atoms with van der Waals surface area (Å²) in [5.74, 6) is 0.375. The average molecular weight is 355 g/mol. The summed E-state index contributed by atoms with van der Waals surface area (Å²) in [5, 5.41) is 3.31. The Morgan fingerprint density at radius 3 is 2.80 bits per heavy atom. The predicted octanol–water partition coefficient (Wildman–Crippen LogP) is 3.60. The van der Waals surface area contributed by atoms with E-state index in [1.165, 1.54) is 12.3 Å². The highest BCUT2D eigenvalue weighted by molar-refractivity contribution is 9.10. The molecule has 2 rings (SSSR count). The molecule has 0 aromatic carbocycles. The fraction of sp³-hybridized carbons (Fsp3) is 0.154. The number of rotatable bonds is 3. The Hall–Kier alpha value is -1.60. The third-order valence-corrected chi connectivity index (χ3v) is 3.31. The summed E-state index contributed by atoms with van der Waals surface area (Å²) in [5.41, 5.74) is 0. The zero-order valence-electron chi connectivity index (χ0n) is 10.7. The van der Waals surface area contributed by atoms with E-state index in [9.17, 15) is 4.39 Å². The van der Waals surface area contributed by atoms with Crippen molar-refractivity contribution in [2.24, 2.45) is 0 Å². The van der Waals surface area contributed by atoms with E-state index in [0.717, 1.165) is 4.47 Å². The molecule has 0 fully saturated rings. The third kappa shape index (κ3) is 3.49. The predicted molar refractivity (Wildman–Crippen MR) is 85.4 cm³/mol. The molecule has 7 heteroatoms. The Kier molecular flexibility index (Phi) is 4.97. The molecule has 0 aliphatic heterocycles. The first-order chi connectivity index (χ1) is 9.61. The van der Waals surface area contributed by atoms with Gasteiger partial charge in [0.1, 0.15) is 5.82 Å². The van der Waals surface area contributed by atoms with E-state index in [1.807, 2.05) is 13.0 Å². The normalized spacial score (nSPS) is 10.2. The molecule has 0 atom stereocenters. The number of nitrogens with one attached hydrogen (secondary N) is 1. The summed E-state index contributed by atoms with van der Waals surface area (Å²) < 4.78 is 14.6. The largest absolute Gasteiger partial charge is 0.317 e. The standard InChI is InChI=1S/C13H12BrFN4S/c1-2-19(12-10(15)4-3-7-16-12)13(20)18-11-6-5-9(14)8-17-11/h3-8H,2H2,1H3,(H,17,18,20). The zero-order valence-corrected chi connectivity index (χ0v) is 13.1. The van der Waals surface area contributed by atoms with Crippen LogP contribution in [0.1, 0.15) is 6.92 Å². The number of anilines is 2. The third-order valence-electron chi connectivity index (χ3n) is 2.52. The molecule has 0 saturated carbocycles. The topological polar surface area (TPSA) is 41.0 Å². The Morgan fingerprint density at radius 2 is 2.20 bits per heavy atom. The molecule has 0 aliphatic carbocycles. The maximum Gasteiger partial charge on any atom is 0.180 e. The fourth-order valence-electron chi connectivity index (χ4n) is 1.59. The van der Waals surface area contributed by atoms with Crippen LogP contribution >= 0.6 is 28.1 Å². The van der Waals surface area contributed by atoms with Gasteiger partial charge in [0.05, 0.1) is 0 Å². The lowest BCUT2D eigenvalue weighted by Gasteiger charge is -2.23. The number of pyridine rings is 2. The van der Waals surface area contributed by atoms with E-state index >= 15 is 0 Å². The monoisotopic (exact) mass is 354 g/mol. The molecule has 2 heterocycles. The van der Waals surface area contributed by atoms with Gasteiger partial charge in [-0.15, -0.1) is 0 Å². The van der Waals surface area contributed by atoms with Crippen molar-refractivity contribution in [2.45, 2.75) is 6.92 Å². The van der Waals surface area contributed by atoms with Crippen LogP contribution in [-0.4, -0.2) is 21.6 Å². The highest BCUT2D eigenvalue weighted by atomic mass is 79.9. The summed E-state index contributed by atoms with van der Waals surface area (Å²) in [6.07, 6.45) is 3.18. The smallest absolute Gasteiger partial charge is 0.180 e. The molecular formula is C13H12BrFN4S. The molecule has 0 radical (unpaired) electrons. The van der Waals surface area contributed by atoms with Crippen LogP contribution in [0.4, 0.5) is 16.0 Å². The summed E-state index contributed by atoms with van der Waals surface area (Å²) >= 11 is 8.59. The SMILES string of the molecule is CCN(C(=S)Nc1ccc(Br)cn1)c1ncccc1F. The molecule has 0 amide bonds. The summed E-state index contributed by atoms with van der Waals surface area (Å²) in [7, 11) is 0. The first-order valence-corrected chi connectivity index (χ1v) is 7.12. The molecule has 0 bridgehead atoms. The van der Waals surface area contributed by atoms with Crippen LogP contribution in [0.15, 0.2) is 41.1 Å². The van der Waals surface area contributed by atoms with E-state index in [4.69, 9.17) is 12.2 Å². The minimum Gasteiger partial charge on any atom is -0.317 e. The van der Waals surface area contributed by atoms with Crippen LogP contribution in [0, 0.1) is 5.82 Å².